The largest absolute Gasteiger partial charge is 0.471 e. The summed E-state index contributed by atoms with van der Waals surface area (Å²) in [6.45, 7) is 5.16. The molecule has 2 bridgehead atoms. The van der Waals surface area contributed by atoms with E-state index in [1.165, 1.54) is 25.7 Å². The van der Waals surface area contributed by atoms with E-state index >= 15 is 0 Å². The number of nitrogens with zero attached hydrogens (tertiary/aromatic N) is 1. The fourth-order valence-electron chi connectivity index (χ4n) is 6.47. The van der Waals surface area contributed by atoms with Crippen molar-refractivity contribution in [3.63, 3.8) is 0 Å². The SMILES string of the molecule is CC(C)(C)[C@H](NC(=O)C(F)(F)F)C(=O)N1C[C@H]2[C@@H]([C@H]1C(=O)N[C@@H](C[C@@H]1CCNC1=O)C(N)=O)[C@H]1C=C[C@@H]2C1. The summed E-state index contributed by atoms with van der Waals surface area (Å²) in [5.41, 5.74) is 4.44. The summed E-state index contributed by atoms with van der Waals surface area (Å²) in [5.74, 6) is -5.54. The molecule has 0 aromatic heterocycles. The molecule has 3 fully saturated rings. The van der Waals surface area contributed by atoms with E-state index in [1.54, 1.807) is 0 Å². The molecule has 1 saturated carbocycles. The maximum Gasteiger partial charge on any atom is 0.471 e. The van der Waals surface area contributed by atoms with Gasteiger partial charge < -0.3 is 26.6 Å². The van der Waals surface area contributed by atoms with Crippen molar-refractivity contribution < 1.29 is 37.1 Å². The Balaban J connectivity index is 1.60. The Morgan fingerprint density at radius 3 is 2.34 bits per heavy atom. The Kier molecular flexibility index (Phi) is 7.26. The van der Waals surface area contributed by atoms with Crippen LogP contribution in [0.25, 0.3) is 0 Å². The molecule has 5 N–H and O–H groups in total. The molecule has 38 heavy (non-hydrogen) atoms. The van der Waals surface area contributed by atoms with E-state index in [1.807, 2.05) is 17.5 Å². The van der Waals surface area contributed by atoms with Crippen molar-refractivity contribution in [1.82, 2.24) is 20.9 Å². The molecule has 2 aliphatic heterocycles. The first-order valence-corrected chi connectivity index (χ1v) is 12.8. The number of fused-ring (bicyclic) bond motifs is 5. The van der Waals surface area contributed by atoms with Crippen molar-refractivity contribution in [3.05, 3.63) is 12.2 Å². The number of alkyl halides is 3. The van der Waals surface area contributed by atoms with E-state index in [-0.39, 0.29) is 42.5 Å². The number of allylic oxidation sites excluding steroid dienone is 2. The summed E-state index contributed by atoms with van der Waals surface area (Å²) in [4.78, 5) is 64.8. The fraction of sp³-hybridized carbons (Fsp3) is 0.720. The van der Waals surface area contributed by atoms with Crippen molar-refractivity contribution in [2.45, 2.75) is 64.3 Å². The number of carbonyl (C=O) groups excluding carboxylic acids is 5. The molecule has 10 nitrogen and oxygen atoms in total. The van der Waals surface area contributed by atoms with Crippen LogP contribution >= 0.6 is 0 Å². The highest BCUT2D eigenvalue weighted by atomic mass is 19.4. The van der Waals surface area contributed by atoms with Gasteiger partial charge in [-0.3, -0.25) is 24.0 Å². The van der Waals surface area contributed by atoms with Crippen LogP contribution in [0.2, 0.25) is 0 Å². The number of hydrogen-bond acceptors (Lipinski definition) is 5. The molecule has 2 saturated heterocycles. The average Bonchev–Trinajstić information content (AvgIpc) is 3.57. The molecule has 0 aromatic carbocycles. The zero-order chi connectivity index (χ0) is 28.2. The van der Waals surface area contributed by atoms with E-state index in [0.717, 1.165) is 6.42 Å². The zero-order valence-electron chi connectivity index (χ0n) is 21.5. The number of rotatable bonds is 7. The predicted molar refractivity (Wildman–Crippen MR) is 128 cm³/mol. The van der Waals surface area contributed by atoms with Crippen molar-refractivity contribution >= 4 is 29.5 Å². The second kappa shape index (κ2) is 9.88. The van der Waals surface area contributed by atoms with Crippen LogP contribution in [0.15, 0.2) is 12.2 Å². The maximum absolute atomic E-state index is 13.8. The molecule has 2 aliphatic carbocycles. The van der Waals surface area contributed by atoms with Crippen LogP contribution in [-0.4, -0.2) is 71.8 Å². The molecular weight excluding hydrogens is 507 g/mol. The van der Waals surface area contributed by atoms with Crippen molar-refractivity contribution in [1.29, 1.82) is 0 Å². The molecule has 0 radical (unpaired) electrons. The van der Waals surface area contributed by atoms with Gasteiger partial charge in [0.2, 0.25) is 23.6 Å². The molecule has 4 rings (SSSR count). The molecule has 2 heterocycles. The summed E-state index contributed by atoms with van der Waals surface area (Å²) in [7, 11) is 0. The molecule has 4 aliphatic rings. The predicted octanol–water partition coefficient (Wildman–Crippen LogP) is 0.225. The highest BCUT2D eigenvalue weighted by Crippen LogP contribution is 2.54. The molecule has 13 heteroatoms. The zero-order valence-corrected chi connectivity index (χ0v) is 21.5. The smallest absolute Gasteiger partial charge is 0.368 e. The first-order valence-electron chi connectivity index (χ1n) is 12.8. The number of nitrogens with two attached hydrogens (primary N) is 1. The second-order valence-electron chi connectivity index (χ2n) is 11.9. The third-order valence-corrected chi connectivity index (χ3v) is 8.34. The fourth-order valence-corrected chi connectivity index (χ4v) is 6.47. The molecular formula is C25H34F3N5O5. The van der Waals surface area contributed by atoms with Gasteiger partial charge in [0.25, 0.3) is 0 Å². The second-order valence-corrected chi connectivity index (χ2v) is 11.9. The monoisotopic (exact) mass is 541 g/mol. The lowest BCUT2D eigenvalue weighted by Gasteiger charge is -2.37. The highest BCUT2D eigenvalue weighted by Gasteiger charge is 2.59. The van der Waals surface area contributed by atoms with E-state index in [4.69, 9.17) is 5.73 Å². The number of primary amides is 1. The van der Waals surface area contributed by atoms with Gasteiger partial charge in [-0.25, -0.2) is 0 Å². The quantitative estimate of drug-likeness (QED) is 0.340. The number of nitrogens with one attached hydrogen (secondary N) is 3. The van der Waals surface area contributed by atoms with Gasteiger partial charge >= 0.3 is 12.1 Å². The minimum absolute atomic E-state index is 0.000118. The van der Waals surface area contributed by atoms with E-state index in [9.17, 15) is 37.1 Å². The van der Waals surface area contributed by atoms with Crippen molar-refractivity contribution in [2.24, 2.45) is 40.7 Å². The maximum atomic E-state index is 13.8. The minimum Gasteiger partial charge on any atom is -0.368 e. The molecule has 210 valence electrons. The highest BCUT2D eigenvalue weighted by molar-refractivity contribution is 5.96. The number of hydrogen-bond donors (Lipinski definition) is 4. The minimum atomic E-state index is -5.19. The summed E-state index contributed by atoms with van der Waals surface area (Å²) in [5, 5.41) is 7.12. The van der Waals surface area contributed by atoms with Gasteiger partial charge in [-0.1, -0.05) is 32.9 Å². The lowest BCUT2D eigenvalue weighted by molar-refractivity contribution is -0.176. The van der Waals surface area contributed by atoms with Gasteiger partial charge in [0.1, 0.15) is 18.1 Å². The van der Waals surface area contributed by atoms with Crippen LogP contribution in [0.4, 0.5) is 13.2 Å². The van der Waals surface area contributed by atoms with Crippen molar-refractivity contribution in [3.8, 4) is 0 Å². The summed E-state index contributed by atoms with van der Waals surface area (Å²) in [6, 6.07) is -3.78. The van der Waals surface area contributed by atoms with Crippen LogP contribution in [0.5, 0.6) is 0 Å². The van der Waals surface area contributed by atoms with E-state index in [0.29, 0.717) is 13.0 Å². The van der Waals surface area contributed by atoms with Gasteiger partial charge in [-0.05, 0) is 48.3 Å². The number of halogens is 3. The number of likely N-dealkylation sites (tertiary alicyclic amines) is 1. The summed E-state index contributed by atoms with van der Waals surface area (Å²) >= 11 is 0. The van der Waals surface area contributed by atoms with Crippen LogP contribution in [-0.2, 0) is 24.0 Å². The van der Waals surface area contributed by atoms with Gasteiger partial charge in [0.05, 0.1) is 0 Å². The Hall–Kier alpha value is -3.12. The van der Waals surface area contributed by atoms with Gasteiger partial charge in [0, 0.05) is 19.0 Å². The Bertz CT molecular complexity index is 1050. The summed E-state index contributed by atoms with van der Waals surface area (Å²) < 4.78 is 39.2. The normalized spacial score (nSPS) is 31.5. The molecule has 0 spiro atoms. The first-order chi connectivity index (χ1) is 17.6. The Morgan fingerprint density at radius 2 is 1.79 bits per heavy atom. The standard InChI is InChI=1S/C25H34F3N5O5/c1-24(2,3)18(32-23(38)25(26,27)28)22(37)33-10-14-11-4-5-12(8-11)16(14)17(33)21(36)31-15(19(29)34)9-13-6-7-30-20(13)35/h4-5,11-18H,6-10H2,1-3H3,(H2,29,34)(H,30,35)(H,31,36)(H,32,38)/t11-,12+,13+,14-,15+,16+,17+,18-/m1/s1. The average molecular weight is 542 g/mol. The summed E-state index contributed by atoms with van der Waals surface area (Å²) in [6.07, 6.45) is 0.119. The topological polar surface area (TPSA) is 151 Å². The third kappa shape index (κ3) is 5.24. The van der Waals surface area contributed by atoms with Gasteiger partial charge in [-0.15, -0.1) is 0 Å². The van der Waals surface area contributed by atoms with Gasteiger partial charge in [-0.2, -0.15) is 13.2 Å². The number of amides is 5. The lowest BCUT2D eigenvalue weighted by atomic mass is 9.81. The molecule has 0 unspecified atom stereocenters. The molecule has 8 atom stereocenters. The van der Waals surface area contributed by atoms with E-state index in [2.05, 4.69) is 10.6 Å². The van der Waals surface area contributed by atoms with Crippen LogP contribution in [0.3, 0.4) is 0 Å². The lowest BCUT2D eigenvalue weighted by Crippen LogP contribution is -2.61. The van der Waals surface area contributed by atoms with Crippen LogP contribution < -0.4 is 21.7 Å². The Morgan fingerprint density at radius 1 is 1.13 bits per heavy atom. The van der Waals surface area contributed by atoms with Crippen LogP contribution in [0, 0.1) is 35.0 Å². The molecule has 5 amide bonds. The Labute approximate surface area is 218 Å². The number of carbonyl (C=O) groups is 5. The van der Waals surface area contributed by atoms with Crippen molar-refractivity contribution in [2.75, 3.05) is 13.1 Å². The molecule has 0 aromatic rings. The third-order valence-electron chi connectivity index (χ3n) is 8.34. The first kappa shape index (κ1) is 27.9. The van der Waals surface area contributed by atoms with E-state index < -0.39 is 59.3 Å². The van der Waals surface area contributed by atoms with Gasteiger partial charge in [0.15, 0.2) is 0 Å². The van der Waals surface area contributed by atoms with Crippen LogP contribution in [0.1, 0.15) is 40.0 Å².